The molecule has 0 bridgehead atoms. The van der Waals surface area contributed by atoms with Gasteiger partial charge in [0.25, 0.3) is 0 Å². The van der Waals surface area contributed by atoms with Crippen LogP contribution in [-0.2, 0) is 23.1 Å². The third-order valence-corrected chi connectivity index (χ3v) is 3.62. The van der Waals surface area contributed by atoms with E-state index in [-0.39, 0.29) is 11.4 Å². The van der Waals surface area contributed by atoms with Gasteiger partial charge in [0, 0.05) is 12.7 Å². The van der Waals surface area contributed by atoms with E-state index in [9.17, 15) is 8.42 Å². The molecule has 0 unspecified atom stereocenters. The maximum atomic E-state index is 11.9. The molecule has 6 nitrogen and oxygen atoms in total. The Morgan fingerprint density at radius 2 is 2.35 bits per heavy atom. The van der Waals surface area contributed by atoms with Crippen LogP contribution in [0.2, 0.25) is 0 Å². The van der Waals surface area contributed by atoms with Gasteiger partial charge >= 0.3 is 0 Å². The highest BCUT2D eigenvalue weighted by Crippen LogP contribution is 2.08. The first kappa shape index (κ1) is 11.9. The minimum atomic E-state index is -3.52. The first-order valence-corrected chi connectivity index (χ1v) is 6.64. The molecule has 2 aromatic rings. The molecule has 0 amide bonds. The molecule has 1 N–H and O–H groups in total. The second kappa shape index (κ2) is 4.72. The first-order chi connectivity index (χ1) is 8.12. The number of aryl methyl sites for hydroxylation is 1. The predicted octanol–water partition coefficient (Wildman–Crippen LogP) is 0.974. The van der Waals surface area contributed by atoms with Crippen molar-refractivity contribution in [3.05, 3.63) is 36.5 Å². The van der Waals surface area contributed by atoms with Gasteiger partial charge in [0.05, 0.1) is 19.0 Å². The van der Waals surface area contributed by atoms with E-state index in [0.717, 1.165) is 0 Å². The van der Waals surface area contributed by atoms with Crippen LogP contribution in [0.5, 0.6) is 0 Å². The zero-order valence-corrected chi connectivity index (χ0v) is 10.1. The zero-order chi connectivity index (χ0) is 12.3. The van der Waals surface area contributed by atoms with Crippen LogP contribution in [0.4, 0.5) is 0 Å². The zero-order valence-electron chi connectivity index (χ0n) is 9.33. The van der Waals surface area contributed by atoms with Gasteiger partial charge in [0.1, 0.15) is 10.7 Å². The van der Waals surface area contributed by atoms with Gasteiger partial charge in [-0.15, -0.1) is 0 Å². The molecule has 0 fully saturated rings. The van der Waals surface area contributed by atoms with E-state index in [0.29, 0.717) is 12.3 Å². The lowest BCUT2D eigenvalue weighted by molar-refractivity contribution is 0.498. The Hall–Kier alpha value is -1.60. The summed E-state index contributed by atoms with van der Waals surface area (Å²) in [5.41, 5.74) is 0. The Kier molecular flexibility index (Phi) is 3.30. The maximum absolute atomic E-state index is 11.9. The molecule has 0 radical (unpaired) electrons. The van der Waals surface area contributed by atoms with Gasteiger partial charge in [0.2, 0.25) is 10.0 Å². The number of aromatic nitrogens is 2. The summed E-state index contributed by atoms with van der Waals surface area (Å²) >= 11 is 0. The Morgan fingerprint density at radius 1 is 1.53 bits per heavy atom. The highest BCUT2D eigenvalue weighted by atomic mass is 32.2. The van der Waals surface area contributed by atoms with Crippen molar-refractivity contribution in [3.8, 4) is 0 Å². The van der Waals surface area contributed by atoms with Crippen LogP contribution < -0.4 is 4.72 Å². The van der Waals surface area contributed by atoms with Crippen molar-refractivity contribution in [1.29, 1.82) is 0 Å². The predicted molar refractivity (Wildman–Crippen MR) is 60.6 cm³/mol. The quantitative estimate of drug-likeness (QED) is 0.863. The van der Waals surface area contributed by atoms with E-state index in [1.54, 1.807) is 16.8 Å². The van der Waals surface area contributed by atoms with Gasteiger partial charge in [-0.05, 0) is 19.1 Å². The van der Waals surface area contributed by atoms with Crippen molar-refractivity contribution >= 4 is 10.0 Å². The Labute approximate surface area is 99.3 Å². The first-order valence-electron chi connectivity index (χ1n) is 5.16. The number of sulfonamides is 1. The van der Waals surface area contributed by atoms with Crippen LogP contribution in [0, 0.1) is 0 Å². The van der Waals surface area contributed by atoms with Gasteiger partial charge in [-0.2, -0.15) is 5.10 Å². The van der Waals surface area contributed by atoms with Crippen LogP contribution in [0.3, 0.4) is 0 Å². The molecule has 0 saturated heterocycles. The summed E-state index contributed by atoms with van der Waals surface area (Å²) in [4.78, 5) is 0.158. The van der Waals surface area contributed by atoms with Gasteiger partial charge in [-0.3, -0.25) is 4.68 Å². The van der Waals surface area contributed by atoms with Crippen molar-refractivity contribution in [2.75, 3.05) is 0 Å². The number of furan rings is 1. The fraction of sp³-hybridized carbons (Fsp3) is 0.300. The molecule has 0 aliphatic rings. The second-order valence-electron chi connectivity index (χ2n) is 3.44. The van der Waals surface area contributed by atoms with Crippen LogP contribution >= 0.6 is 0 Å². The van der Waals surface area contributed by atoms with Gasteiger partial charge in [-0.1, -0.05) is 0 Å². The fourth-order valence-corrected chi connectivity index (χ4v) is 2.26. The van der Waals surface area contributed by atoms with Crippen molar-refractivity contribution in [1.82, 2.24) is 14.5 Å². The molecule has 0 atom stereocenters. The fourth-order valence-electron chi connectivity index (χ4n) is 1.32. The molecule has 2 heterocycles. The van der Waals surface area contributed by atoms with Crippen LogP contribution in [0.15, 0.2) is 40.1 Å². The summed E-state index contributed by atoms with van der Waals surface area (Å²) in [6.45, 7) is 2.65. The topological polar surface area (TPSA) is 77.1 Å². The molecular weight excluding hydrogens is 242 g/mol. The van der Waals surface area contributed by atoms with Crippen molar-refractivity contribution < 1.29 is 12.8 Å². The van der Waals surface area contributed by atoms with Gasteiger partial charge < -0.3 is 4.42 Å². The standard InChI is InChI=1S/C10H13N3O3S/c1-2-13-8-10(7-11-13)17(14,15)12-6-9-4-3-5-16-9/h3-5,7-8,12H,2,6H2,1H3. The summed E-state index contributed by atoms with van der Waals surface area (Å²) in [7, 11) is -3.52. The third-order valence-electron chi connectivity index (χ3n) is 2.26. The number of rotatable bonds is 5. The van der Waals surface area contributed by atoms with E-state index in [1.807, 2.05) is 6.92 Å². The Morgan fingerprint density at radius 3 is 2.94 bits per heavy atom. The number of nitrogens with one attached hydrogen (secondary N) is 1. The minimum absolute atomic E-state index is 0.132. The molecule has 17 heavy (non-hydrogen) atoms. The molecule has 2 aromatic heterocycles. The maximum Gasteiger partial charge on any atom is 0.244 e. The summed E-state index contributed by atoms with van der Waals surface area (Å²) in [5, 5.41) is 3.92. The van der Waals surface area contributed by atoms with E-state index in [1.165, 1.54) is 18.7 Å². The summed E-state index contributed by atoms with van der Waals surface area (Å²) in [6, 6.07) is 3.41. The van der Waals surface area contributed by atoms with E-state index in [4.69, 9.17) is 4.42 Å². The summed E-state index contributed by atoms with van der Waals surface area (Å²) in [5.74, 6) is 0.566. The highest BCUT2D eigenvalue weighted by molar-refractivity contribution is 7.89. The lowest BCUT2D eigenvalue weighted by atomic mass is 10.5. The van der Waals surface area contributed by atoms with E-state index >= 15 is 0 Å². The molecule has 2 rings (SSSR count). The summed E-state index contributed by atoms with van der Waals surface area (Å²) in [6.07, 6.45) is 4.32. The van der Waals surface area contributed by atoms with E-state index in [2.05, 4.69) is 9.82 Å². The molecule has 7 heteroatoms. The normalized spacial score (nSPS) is 11.8. The smallest absolute Gasteiger partial charge is 0.244 e. The second-order valence-corrected chi connectivity index (χ2v) is 5.20. The lowest BCUT2D eigenvalue weighted by Crippen LogP contribution is -2.22. The Bertz CT molecular complexity index is 572. The number of hydrogen-bond acceptors (Lipinski definition) is 4. The van der Waals surface area contributed by atoms with Crippen molar-refractivity contribution in [2.24, 2.45) is 0 Å². The Balaban J connectivity index is 2.08. The molecular formula is C10H13N3O3S. The minimum Gasteiger partial charge on any atom is -0.468 e. The number of hydrogen-bond donors (Lipinski definition) is 1. The van der Waals surface area contributed by atoms with Crippen molar-refractivity contribution in [2.45, 2.75) is 24.9 Å². The van der Waals surface area contributed by atoms with Crippen molar-refractivity contribution in [3.63, 3.8) is 0 Å². The molecule has 0 aliphatic carbocycles. The highest BCUT2D eigenvalue weighted by Gasteiger charge is 2.16. The average Bonchev–Trinajstić information content (AvgIpc) is 2.98. The SMILES string of the molecule is CCn1cc(S(=O)(=O)NCc2ccco2)cn1. The average molecular weight is 255 g/mol. The molecule has 0 aliphatic heterocycles. The largest absolute Gasteiger partial charge is 0.468 e. The molecule has 0 aromatic carbocycles. The van der Waals surface area contributed by atoms with Crippen LogP contribution in [0.25, 0.3) is 0 Å². The lowest BCUT2D eigenvalue weighted by Gasteiger charge is -2.01. The van der Waals surface area contributed by atoms with E-state index < -0.39 is 10.0 Å². The van der Waals surface area contributed by atoms with Crippen LogP contribution in [0.1, 0.15) is 12.7 Å². The molecule has 0 spiro atoms. The molecule has 92 valence electrons. The van der Waals surface area contributed by atoms with Gasteiger partial charge in [-0.25, -0.2) is 13.1 Å². The molecule has 0 saturated carbocycles. The van der Waals surface area contributed by atoms with Crippen LogP contribution in [-0.4, -0.2) is 18.2 Å². The third kappa shape index (κ3) is 2.75. The number of nitrogens with zero attached hydrogens (tertiary/aromatic N) is 2. The summed E-state index contributed by atoms with van der Waals surface area (Å²) < 4.78 is 32.7. The van der Waals surface area contributed by atoms with Gasteiger partial charge in [0.15, 0.2) is 0 Å². The monoisotopic (exact) mass is 255 g/mol.